The van der Waals surface area contributed by atoms with Gasteiger partial charge in [0.05, 0.1) is 7.11 Å². The molecule has 2 aromatic carbocycles. The molecule has 5 nitrogen and oxygen atoms in total. The third-order valence-corrected chi connectivity index (χ3v) is 5.79. The highest BCUT2D eigenvalue weighted by molar-refractivity contribution is 5.74. The van der Waals surface area contributed by atoms with E-state index in [1.165, 1.54) is 5.56 Å². The van der Waals surface area contributed by atoms with Gasteiger partial charge in [-0.05, 0) is 56.6 Å². The van der Waals surface area contributed by atoms with Gasteiger partial charge in [-0.2, -0.15) is 0 Å². The molecular formula is C24H33N3O2. The predicted molar refractivity (Wildman–Crippen MR) is 117 cm³/mol. The summed E-state index contributed by atoms with van der Waals surface area (Å²) in [4.78, 5) is 17.0. The van der Waals surface area contributed by atoms with Crippen LogP contribution in [0.2, 0.25) is 0 Å². The van der Waals surface area contributed by atoms with Crippen molar-refractivity contribution in [2.75, 3.05) is 40.8 Å². The fraction of sp³-hybridized carbons (Fsp3) is 0.458. The molecule has 1 fully saturated rings. The van der Waals surface area contributed by atoms with Crippen molar-refractivity contribution in [3.05, 3.63) is 65.7 Å². The smallest absolute Gasteiger partial charge is 0.317 e. The van der Waals surface area contributed by atoms with Gasteiger partial charge < -0.3 is 19.9 Å². The summed E-state index contributed by atoms with van der Waals surface area (Å²) < 4.78 is 5.23. The summed E-state index contributed by atoms with van der Waals surface area (Å²) in [6.07, 6.45) is 2.98. The van der Waals surface area contributed by atoms with E-state index in [1.54, 1.807) is 7.11 Å². The molecule has 1 aliphatic heterocycles. The summed E-state index contributed by atoms with van der Waals surface area (Å²) in [5.41, 5.74) is 2.53. The van der Waals surface area contributed by atoms with Crippen LogP contribution in [0.3, 0.4) is 0 Å². The number of likely N-dealkylation sites (N-methyl/N-ethyl adjacent to an activating group) is 1. The van der Waals surface area contributed by atoms with Crippen molar-refractivity contribution in [2.24, 2.45) is 0 Å². The molecular weight excluding hydrogens is 362 g/mol. The average Bonchev–Trinajstić information content (AvgIpc) is 2.80. The van der Waals surface area contributed by atoms with Gasteiger partial charge in [-0.1, -0.05) is 42.5 Å². The van der Waals surface area contributed by atoms with Crippen molar-refractivity contribution in [3.8, 4) is 5.75 Å². The summed E-state index contributed by atoms with van der Waals surface area (Å²) in [5, 5.41) is 3.16. The van der Waals surface area contributed by atoms with Crippen molar-refractivity contribution in [1.29, 1.82) is 0 Å². The van der Waals surface area contributed by atoms with Crippen LogP contribution < -0.4 is 10.1 Å². The summed E-state index contributed by atoms with van der Waals surface area (Å²) in [5.74, 6) is 0.832. The first-order chi connectivity index (χ1) is 14.0. The Morgan fingerprint density at radius 1 is 1.07 bits per heavy atom. The first kappa shape index (κ1) is 21.2. The molecule has 1 saturated heterocycles. The van der Waals surface area contributed by atoms with Gasteiger partial charge in [0.1, 0.15) is 5.75 Å². The Labute approximate surface area is 174 Å². The molecule has 156 valence electrons. The van der Waals surface area contributed by atoms with Crippen molar-refractivity contribution in [3.63, 3.8) is 0 Å². The van der Waals surface area contributed by atoms with Crippen LogP contribution in [0.4, 0.5) is 4.79 Å². The zero-order valence-corrected chi connectivity index (χ0v) is 17.9. The van der Waals surface area contributed by atoms with Gasteiger partial charge in [-0.15, -0.1) is 0 Å². The molecule has 1 heterocycles. The second kappa shape index (κ2) is 9.79. The lowest BCUT2D eigenvalue weighted by atomic mass is 9.73. The van der Waals surface area contributed by atoms with Crippen molar-refractivity contribution >= 4 is 6.03 Å². The minimum absolute atomic E-state index is 0.0227. The molecule has 0 radical (unpaired) electrons. The van der Waals surface area contributed by atoms with E-state index in [0.717, 1.165) is 43.7 Å². The first-order valence-corrected chi connectivity index (χ1v) is 10.4. The van der Waals surface area contributed by atoms with E-state index in [-0.39, 0.29) is 11.4 Å². The van der Waals surface area contributed by atoms with Crippen LogP contribution in [0.1, 0.15) is 30.4 Å². The lowest BCUT2D eigenvalue weighted by Gasteiger charge is -2.37. The minimum Gasteiger partial charge on any atom is -0.497 e. The summed E-state index contributed by atoms with van der Waals surface area (Å²) >= 11 is 0. The second-order valence-corrected chi connectivity index (χ2v) is 8.24. The van der Waals surface area contributed by atoms with E-state index in [0.29, 0.717) is 13.1 Å². The van der Waals surface area contributed by atoms with E-state index in [9.17, 15) is 4.79 Å². The quantitative estimate of drug-likeness (QED) is 0.807. The molecule has 2 amide bonds. The lowest BCUT2D eigenvalue weighted by molar-refractivity contribution is 0.195. The number of carbonyl (C=O) groups is 1. The summed E-state index contributed by atoms with van der Waals surface area (Å²) in [6, 6.07) is 18.7. The number of hydrogen-bond acceptors (Lipinski definition) is 3. The van der Waals surface area contributed by atoms with Crippen molar-refractivity contribution in [2.45, 2.75) is 31.2 Å². The van der Waals surface area contributed by atoms with Gasteiger partial charge in [0, 0.05) is 31.6 Å². The van der Waals surface area contributed by atoms with Gasteiger partial charge in [-0.25, -0.2) is 4.79 Å². The van der Waals surface area contributed by atoms with Crippen molar-refractivity contribution < 1.29 is 9.53 Å². The number of rotatable bonds is 6. The van der Waals surface area contributed by atoms with Crippen LogP contribution in [0.5, 0.6) is 5.75 Å². The third kappa shape index (κ3) is 5.51. The molecule has 3 rings (SSSR count). The van der Waals surface area contributed by atoms with Gasteiger partial charge in [-0.3, -0.25) is 0 Å². The SMILES string of the molecule is COc1ccc(CN2CCCC(CN(C)C)(c3ccccc3)CCNC2=O)cc1. The molecule has 2 aromatic rings. The molecule has 0 spiro atoms. The average molecular weight is 396 g/mol. The highest BCUT2D eigenvalue weighted by Crippen LogP contribution is 2.34. The first-order valence-electron chi connectivity index (χ1n) is 10.4. The largest absolute Gasteiger partial charge is 0.497 e. The fourth-order valence-corrected chi connectivity index (χ4v) is 4.39. The normalized spacial score (nSPS) is 20.6. The summed E-state index contributed by atoms with van der Waals surface area (Å²) in [7, 11) is 5.93. The van der Waals surface area contributed by atoms with Gasteiger partial charge in [0.2, 0.25) is 0 Å². The topological polar surface area (TPSA) is 44.8 Å². The standard InChI is InChI=1S/C24H33N3O2/c1-26(2)19-24(21-8-5-4-6-9-21)14-7-17-27(23(28)25-16-15-24)18-20-10-12-22(29-3)13-11-20/h4-6,8-13H,7,14-19H2,1-3H3,(H,25,28). The monoisotopic (exact) mass is 395 g/mol. The summed E-state index contributed by atoms with van der Waals surface area (Å²) in [6.45, 7) is 3.02. The number of urea groups is 1. The Morgan fingerprint density at radius 3 is 2.45 bits per heavy atom. The van der Waals surface area contributed by atoms with E-state index in [2.05, 4.69) is 54.6 Å². The van der Waals surface area contributed by atoms with Crippen LogP contribution in [0, 0.1) is 0 Å². The molecule has 0 aliphatic carbocycles. The molecule has 1 aliphatic rings. The number of methoxy groups -OCH3 is 1. The lowest BCUT2D eigenvalue weighted by Crippen LogP contribution is -2.41. The molecule has 1 unspecified atom stereocenters. The number of hydrogen-bond donors (Lipinski definition) is 1. The molecule has 0 aromatic heterocycles. The van der Waals surface area contributed by atoms with Crippen LogP contribution in [0.25, 0.3) is 0 Å². The Hall–Kier alpha value is -2.53. The number of nitrogens with one attached hydrogen (secondary N) is 1. The Bertz CT molecular complexity index is 776. The highest BCUT2D eigenvalue weighted by atomic mass is 16.5. The number of amides is 2. The van der Waals surface area contributed by atoms with E-state index >= 15 is 0 Å². The third-order valence-electron chi connectivity index (χ3n) is 5.79. The highest BCUT2D eigenvalue weighted by Gasteiger charge is 2.33. The number of ether oxygens (including phenoxy) is 1. The van der Waals surface area contributed by atoms with Crippen LogP contribution in [0.15, 0.2) is 54.6 Å². The molecule has 1 N–H and O–H groups in total. The van der Waals surface area contributed by atoms with E-state index < -0.39 is 0 Å². The minimum atomic E-state index is 0.0227. The zero-order chi connectivity index (χ0) is 20.7. The van der Waals surface area contributed by atoms with Crippen LogP contribution in [-0.2, 0) is 12.0 Å². The Morgan fingerprint density at radius 2 is 1.79 bits per heavy atom. The predicted octanol–water partition coefficient (Wildman–Crippen LogP) is 3.89. The van der Waals surface area contributed by atoms with Gasteiger partial charge >= 0.3 is 6.03 Å². The maximum Gasteiger partial charge on any atom is 0.317 e. The number of carbonyl (C=O) groups excluding carboxylic acids is 1. The maximum atomic E-state index is 12.8. The van der Waals surface area contributed by atoms with Crippen molar-refractivity contribution in [1.82, 2.24) is 15.1 Å². The Kier molecular flexibility index (Phi) is 7.15. The Balaban J connectivity index is 1.75. The number of benzene rings is 2. The van der Waals surface area contributed by atoms with Crippen LogP contribution >= 0.6 is 0 Å². The molecule has 0 bridgehead atoms. The maximum absolute atomic E-state index is 12.8. The van der Waals surface area contributed by atoms with Gasteiger partial charge in [0.15, 0.2) is 0 Å². The van der Waals surface area contributed by atoms with Crippen LogP contribution in [-0.4, -0.2) is 56.7 Å². The number of nitrogens with zero attached hydrogens (tertiary/aromatic N) is 2. The molecule has 1 atom stereocenters. The molecule has 29 heavy (non-hydrogen) atoms. The van der Waals surface area contributed by atoms with Gasteiger partial charge in [0.25, 0.3) is 0 Å². The second-order valence-electron chi connectivity index (χ2n) is 8.24. The molecule has 0 saturated carbocycles. The zero-order valence-electron chi connectivity index (χ0n) is 17.9. The fourth-order valence-electron chi connectivity index (χ4n) is 4.39. The van der Waals surface area contributed by atoms with E-state index in [4.69, 9.17) is 4.74 Å². The van der Waals surface area contributed by atoms with E-state index in [1.807, 2.05) is 29.2 Å². The molecule has 5 heteroatoms.